The summed E-state index contributed by atoms with van der Waals surface area (Å²) in [4.78, 5) is 15.3. The van der Waals surface area contributed by atoms with Gasteiger partial charge in [-0.05, 0) is 17.5 Å². The lowest BCUT2D eigenvalue weighted by Crippen LogP contribution is -2.06. The van der Waals surface area contributed by atoms with Crippen LogP contribution >= 0.6 is 0 Å². The first-order valence-corrected chi connectivity index (χ1v) is 4.72. The van der Waals surface area contributed by atoms with Crippen molar-refractivity contribution in [2.75, 3.05) is 14.2 Å². The molecule has 0 N–H and O–H groups in total. The van der Waals surface area contributed by atoms with Crippen molar-refractivity contribution in [1.29, 1.82) is 0 Å². The Balaban J connectivity index is 3.17. The van der Waals surface area contributed by atoms with Gasteiger partial charge in [-0.3, -0.25) is 0 Å². The molecule has 0 bridgehead atoms. The molecule has 0 spiro atoms. The van der Waals surface area contributed by atoms with Gasteiger partial charge in [0.25, 0.3) is 0 Å². The number of pyridine rings is 1. The second-order valence-electron chi connectivity index (χ2n) is 3.47. The van der Waals surface area contributed by atoms with Gasteiger partial charge in [-0.2, -0.15) is 0 Å². The fourth-order valence-electron chi connectivity index (χ4n) is 1.17. The average molecular weight is 209 g/mol. The zero-order valence-corrected chi connectivity index (χ0v) is 9.40. The van der Waals surface area contributed by atoms with E-state index in [0.717, 1.165) is 5.56 Å². The summed E-state index contributed by atoms with van der Waals surface area (Å²) in [5, 5.41) is 0. The average Bonchev–Trinajstić information content (AvgIpc) is 2.27. The summed E-state index contributed by atoms with van der Waals surface area (Å²) >= 11 is 0. The third kappa shape index (κ3) is 2.68. The van der Waals surface area contributed by atoms with Crippen molar-refractivity contribution in [1.82, 2.24) is 4.98 Å². The number of hydrogen-bond donors (Lipinski definition) is 0. The topological polar surface area (TPSA) is 48.4 Å². The minimum atomic E-state index is -0.448. The molecule has 0 amide bonds. The highest BCUT2D eigenvalue weighted by Gasteiger charge is 2.12. The van der Waals surface area contributed by atoms with Gasteiger partial charge in [-0.1, -0.05) is 13.8 Å². The number of rotatable bonds is 3. The van der Waals surface area contributed by atoms with E-state index >= 15 is 0 Å². The fraction of sp³-hybridized carbons (Fsp3) is 0.455. The van der Waals surface area contributed by atoms with E-state index in [-0.39, 0.29) is 5.69 Å². The van der Waals surface area contributed by atoms with Crippen molar-refractivity contribution >= 4 is 5.97 Å². The van der Waals surface area contributed by atoms with E-state index in [9.17, 15) is 4.79 Å². The maximum Gasteiger partial charge on any atom is 0.356 e. The lowest BCUT2D eigenvalue weighted by molar-refractivity contribution is 0.0593. The molecule has 0 unspecified atom stereocenters. The molecular formula is C11H15NO3. The summed E-state index contributed by atoms with van der Waals surface area (Å²) in [6, 6.07) is 3.54. The normalized spacial score (nSPS) is 10.2. The van der Waals surface area contributed by atoms with Crippen LogP contribution in [-0.2, 0) is 4.74 Å². The van der Waals surface area contributed by atoms with Gasteiger partial charge in [-0.25, -0.2) is 9.78 Å². The number of carbonyl (C=O) groups is 1. The smallest absolute Gasteiger partial charge is 0.356 e. The molecule has 15 heavy (non-hydrogen) atoms. The van der Waals surface area contributed by atoms with Crippen molar-refractivity contribution in [2.24, 2.45) is 0 Å². The molecule has 4 nitrogen and oxygen atoms in total. The van der Waals surface area contributed by atoms with E-state index in [1.165, 1.54) is 14.2 Å². The Bertz CT molecular complexity index is 361. The van der Waals surface area contributed by atoms with E-state index in [1.807, 2.05) is 19.9 Å². The van der Waals surface area contributed by atoms with Crippen LogP contribution in [-0.4, -0.2) is 25.2 Å². The van der Waals surface area contributed by atoms with Crippen LogP contribution in [0.15, 0.2) is 12.1 Å². The number of carbonyl (C=O) groups excluding carboxylic acids is 1. The Kier molecular flexibility index (Phi) is 3.66. The van der Waals surface area contributed by atoms with Crippen molar-refractivity contribution in [3.05, 3.63) is 23.4 Å². The van der Waals surface area contributed by atoms with Crippen LogP contribution < -0.4 is 4.74 Å². The molecule has 0 aromatic carbocycles. The maximum atomic E-state index is 11.3. The Morgan fingerprint density at radius 3 is 2.47 bits per heavy atom. The Morgan fingerprint density at radius 2 is 2.00 bits per heavy atom. The molecular weight excluding hydrogens is 194 g/mol. The van der Waals surface area contributed by atoms with Crippen LogP contribution in [0.1, 0.15) is 35.8 Å². The van der Waals surface area contributed by atoms with Crippen LogP contribution in [0.25, 0.3) is 0 Å². The van der Waals surface area contributed by atoms with Gasteiger partial charge in [0.1, 0.15) is 0 Å². The van der Waals surface area contributed by atoms with E-state index in [1.54, 1.807) is 6.07 Å². The highest BCUT2D eigenvalue weighted by atomic mass is 16.5. The first kappa shape index (κ1) is 11.5. The van der Waals surface area contributed by atoms with Gasteiger partial charge in [0.15, 0.2) is 5.69 Å². The first-order valence-electron chi connectivity index (χ1n) is 4.72. The molecule has 1 aromatic heterocycles. The Labute approximate surface area is 89.2 Å². The molecule has 0 atom stereocenters. The van der Waals surface area contributed by atoms with Gasteiger partial charge in [0, 0.05) is 6.07 Å². The molecule has 1 heterocycles. The summed E-state index contributed by atoms with van der Waals surface area (Å²) in [6.07, 6.45) is 0. The molecule has 0 aliphatic carbocycles. The predicted octanol–water partition coefficient (Wildman–Crippen LogP) is 2.00. The Hall–Kier alpha value is -1.58. The molecule has 1 aromatic rings. The summed E-state index contributed by atoms with van der Waals surface area (Å²) in [5.41, 5.74) is 1.28. The molecule has 0 radical (unpaired) electrons. The van der Waals surface area contributed by atoms with Crippen molar-refractivity contribution < 1.29 is 14.3 Å². The third-order valence-electron chi connectivity index (χ3n) is 2.09. The lowest BCUT2D eigenvalue weighted by atomic mass is 10.0. The number of esters is 1. The molecule has 82 valence electrons. The standard InChI is InChI=1S/C11H15NO3/c1-7(2)8-5-9(11(13)15-4)12-10(6-8)14-3/h5-7H,1-4H3. The SMILES string of the molecule is COC(=O)c1cc(C(C)C)cc(OC)n1. The molecule has 0 saturated heterocycles. The van der Waals surface area contributed by atoms with Crippen molar-refractivity contribution in [3.63, 3.8) is 0 Å². The highest BCUT2D eigenvalue weighted by Crippen LogP contribution is 2.20. The van der Waals surface area contributed by atoms with Gasteiger partial charge >= 0.3 is 5.97 Å². The molecule has 4 heteroatoms. The quantitative estimate of drug-likeness (QED) is 0.714. The first-order chi connectivity index (χ1) is 7.08. The molecule has 1 rings (SSSR count). The van der Waals surface area contributed by atoms with Gasteiger partial charge in [0.2, 0.25) is 5.88 Å². The molecule has 0 fully saturated rings. The molecule has 0 aliphatic rings. The number of nitrogens with zero attached hydrogens (tertiary/aromatic N) is 1. The van der Waals surface area contributed by atoms with E-state index in [0.29, 0.717) is 11.8 Å². The second-order valence-corrected chi connectivity index (χ2v) is 3.47. The van der Waals surface area contributed by atoms with E-state index in [2.05, 4.69) is 9.72 Å². The summed E-state index contributed by atoms with van der Waals surface area (Å²) < 4.78 is 9.63. The summed E-state index contributed by atoms with van der Waals surface area (Å²) in [7, 11) is 2.85. The monoisotopic (exact) mass is 209 g/mol. The zero-order chi connectivity index (χ0) is 11.4. The van der Waals surface area contributed by atoms with Crippen LogP contribution in [0.3, 0.4) is 0 Å². The van der Waals surface area contributed by atoms with Gasteiger partial charge in [0.05, 0.1) is 14.2 Å². The fourth-order valence-corrected chi connectivity index (χ4v) is 1.17. The van der Waals surface area contributed by atoms with Crippen molar-refractivity contribution in [3.8, 4) is 5.88 Å². The molecule has 0 saturated carbocycles. The minimum absolute atomic E-state index is 0.278. The van der Waals surface area contributed by atoms with Crippen LogP contribution in [0.4, 0.5) is 0 Å². The summed E-state index contributed by atoms with van der Waals surface area (Å²) in [6.45, 7) is 4.08. The van der Waals surface area contributed by atoms with E-state index < -0.39 is 5.97 Å². The van der Waals surface area contributed by atoms with Crippen molar-refractivity contribution in [2.45, 2.75) is 19.8 Å². The van der Waals surface area contributed by atoms with Gasteiger partial charge in [-0.15, -0.1) is 0 Å². The largest absolute Gasteiger partial charge is 0.481 e. The summed E-state index contributed by atoms with van der Waals surface area (Å²) in [5.74, 6) is 0.294. The highest BCUT2D eigenvalue weighted by molar-refractivity contribution is 5.87. The second kappa shape index (κ2) is 4.77. The number of methoxy groups -OCH3 is 2. The lowest BCUT2D eigenvalue weighted by Gasteiger charge is -2.09. The number of ether oxygens (including phenoxy) is 2. The maximum absolute atomic E-state index is 11.3. The van der Waals surface area contributed by atoms with Crippen LogP contribution in [0.2, 0.25) is 0 Å². The Morgan fingerprint density at radius 1 is 1.33 bits per heavy atom. The van der Waals surface area contributed by atoms with Crippen LogP contribution in [0.5, 0.6) is 5.88 Å². The number of hydrogen-bond acceptors (Lipinski definition) is 4. The molecule has 0 aliphatic heterocycles. The predicted molar refractivity (Wildman–Crippen MR) is 56.2 cm³/mol. The third-order valence-corrected chi connectivity index (χ3v) is 2.09. The van der Waals surface area contributed by atoms with Crippen LogP contribution in [0, 0.1) is 0 Å². The van der Waals surface area contributed by atoms with Gasteiger partial charge < -0.3 is 9.47 Å². The zero-order valence-electron chi connectivity index (χ0n) is 9.40. The minimum Gasteiger partial charge on any atom is -0.481 e. The number of aromatic nitrogens is 1. The van der Waals surface area contributed by atoms with E-state index in [4.69, 9.17) is 4.74 Å².